The summed E-state index contributed by atoms with van der Waals surface area (Å²) >= 11 is 3.50. The van der Waals surface area contributed by atoms with Crippen LogP contribution in [0.25, 0.3) is 11.0 Å². The van der Waals surface area contributed by atoms with Crippen LogP contribution in [0.1, 0.15) is 30.0 Å². The van der Waals surface area contributed by atoms with Gasteiger partial charge in [0.1, 0.15) is 5.82 Å². The number of halogens is 1. The first-order chi connectivity index (χ1) is 8.58. The maximum atomic E-state index is 11.7. The summed E-state index contributed by atoms with van der Waals surface area (Å²) in [6, 6.07) is 3.56. The Morgan fingerprint density at radius 1 is 1.44 bits per heavy atom. The first-order valence-electron chi connectivity index (χ1n) is 5.92. The number of carbonyl (C=O) groups is 1. The van der Waals surface area contributed by atoms with E-state index in [4.69, 9.17) is 4.74 Å². The van der Waals surface area contributed by atoms with Crippen molar-refractivity contribution in [2.24, 2.45) is 0 Å². The third-order valence-corrected chi connectivity index (χ3v) is 3.42. The third-order valence-electron chi connectivity index (χ3n) is 2.81. The van der Waals surface area contributed by atoms with Crippen LogP contribution in [-0.2, 0) is 11.3 Å². The molecule has 0 aliphatic rings. The van der Waals surface area contributed by atoms with Crippen LogP contribution in [0.3, 0.4) is 0 Å². The van der Waals surface area contributed by atoms with Crippen LogP contribution >= 0.6 is 15.9 Å². The number of esters is 1. The van der Waals surface area contributed by atoms with Crippen LogP contribution in [0, 0.1) is 6.92 Å². The average Bonchev–Trinajstić information content (AvgIpc) is 2.65. The largest absolute Gasteiger partial charge is 0.462 e. The van der Waals surface area contributed by atoms with Crippen LogP contribution in [0.5, 0.6) is 0 Å². The zero-order chi connectivity index (χ0) is 13.3. The van der Waals surface area contributed by atoms with Crippen LogP contribution in [0.2, 0.25) is 0 Å². The number of hydrogen-bond acceptors (Lipinski definition) is 3. The van der Waals surface area contributed by atoms with E-state index in [0.717, 1.165) is 27.9 Å². The molecular formula is C13H15BrN2O2. The predicted molar refractivity (Wildman–Crippen MR) is 73.8 cm³/mol. The van der Waals surface area contributed by atoms with Crippen molar-refractivity contribution in [2.45, 2.75) is 27.3 Å². The summed E-state index contributed by atoms with van der Waals surface area (Å²) in [5.74, 6) is 0.623. The average molecular weight is 311 g/mol. The van der Waals surface area contributed by atoms with E-state index in [1.54, 1.807) is 19.1 Å². The van der Waals surface area contributed by atoms with Crippen LogP contribution < -0.4 is 0 Å². The molecular weight excluding hydrogens is 296 g/mol. The van der Waals surface area contributed by atoms with E-state index in [-0.39, 0.29) is 5.97 Å². The van der Waals surface area contributed by atoms with Gasteiger partial charge in [0.05, 0.1) is 23.2 Å². The normalized spacial score (nSPS) is 10.9. The van der Waals surface area contributed by atoms with Gasteiger partial charge in [0.2, 0.25) is 0 Å². The number of imidazole rings is 1. The van der Waals surface area contributed by atoms with E-state index in [1.807, 2.05) is 6.92 Å². The van der Waals surface area contributed by atoms with Gasteiger partial charge in [0.25, 0.3) is 0 Å². The second kappa shape index (κ2) is 5.10. The van der Waals surface area contributed by atoms with Gasteiger partial charge in [-0.1, -0.05) is 0 Å². The maximum absolute atomic E-state index is 11.7. The molecule has 1 aromatic heterocycles. The smallest absolute Gasteiger partial charge is 0.338 e. The van der Waals surface area contributed by atoms with Gasteiger partial charge in [-0.2, -0.15) is 0 Å². The fourth-order valence-corrected chi connectivity index (χ4v) is 2.72. The summed E-state index contributed by atoms with van der Waals surface area (Å²) in [6.45, 7) is 7.04. The third kappa shape index (κ3) is 2.14. The van der Waals surface area contributed by atoms with E-state index in [2.05, 4.69) is 32.4 Å². The number of benzene rings is 1. The molecule has 96 valence electrons. The van der Waals surface area contributed by atoms with Gasteiger partial charge in [-0.15, -0.1) is 0 Å². The van der Waals surface area contributed by atoms with Crippen molar-refractivity contribution in [1.82, 2.24) is 9.55 Å². The number of nitrogens with zero attached hydrogens (tertiary/aromatic N) is 2. The molecule has 0 fully saturated rings. The number of rotatable bonds is 3. The second-order valence-electron chi connectivity index (χ2n) is 3.95. The fraction of sp³-hybridized carbons (Fsp3) is 0.385. The minimum atomic E-state index is -0.316. The van der Waals surface area contributed by atoms with Crippen LogP contribution in [0.4, 0.5) is 0 Å². The van der Waals surface area contributed by atoms with E-state index < -0.39 is 0 Å². The Morgan fingerprint density at radius 3 is 2.78 bits per heavy atom. The summed E-state index contributed by atoms with van der Waals surface area (Å²) in [4.78, 5) is 16.2. The van der Waals surface area contributed by atoms with Crippen LogP contribution in [0.15, 0.2) is 16.6 Å². The molecule has 0 bridgehead atoms. The zero-order valence-corrected chi connectivity index (χ0v) is 12.2. The number of aromatic nitrogens is 2. The molecule has 4 nitrogen and oxygen atoms in total. The maximum Gasteiger partial charge on any atom is 0.338 e. The Morgan fingerprint density at radius 2 is 2.17 bits per heavy atom. The molecule has 2 rings (SSSR count). The summed E-state index contributed by atoms with van der Waals surface area (Å²) in [7, 11) is 0. The van der Waals surface area contributed by atoms with Crippen LogP contribution in [-0.4, -0.2) is 22.1 Å². The molecule has 0 saturated carbocycles. The van der Waals surface area contributed by atoms with E-state index in [1.165, 1.54) is 0 Å². The Kier molecular flexibility index (Phi) is 3.71. The SMILES string of the molecule is CCOC(=O)c1cc(Br)c2c(c1)nc(C)n2CC. The van der Waals surface area contributed by atoms with Gasteiger partial charge in [0, 0.05) is 11.0 Å². The highest BCUT2D eigenvalue weighted by Gasteiger charge is 2.14. The lowest BCUT2D eigenvalue weighted by Crippen LogP contribution is -2.05. The monoisotopic (exact) mass is 310 g/mol. The van der Waals surface area contributed by atoms with Gasteiger partial charge >= 0.3 is 5.97 Å². The van der Waals surface area contributed by atoms with Crippen molar-refractivity contribution in [1.29, 1.82) is 0 Å². The molecule has 0 atom stereocenters. The van der Waals surface area contributed by atoms with Crippen molar-refractivity contribution in [3.63, 3.8) is 0 Å². The Bertz CT molecular complexity index is 605. The zero-order valence-electron chi connectivity index (χ0n) is 10.7. The molecule has 0 N–H and O–H groups in total. The number of fused-ring (bicyclic) bond motifs is 1. The number of aryl methyl sites for hydroxylation is 2. The van der Waals surface area contributed by atoms with E-state index in [9.17, 15) is 4.79 Å². The fourth-order valence-electron chi connectivity index (χ4n) is 2.05. The highest BCUT2D eigenvalue weighted by atomic mass is 79.9. The number of ether oxygens (including phenoxy) is 1. The number of carbonyl (C=O) groups excluding carboxylic acids is 1. The quantitative estimate of drug-likeness (QED) is 0.817. The summed E-state index contributed by atoms with van der Waals surface area (Å²) in [6.07, 6.45) is 0. The van der Waals surface area contributed by atoms with Crippen molar-refractivity contribution >= 4 is 32.9 Å². The Hall–Kier alpha value is -1.36. The van der Waals surface area contributed by atoms with Gasteiger partial charge in [0.15, 0.2) is 0 Å². The standard InChI is InChI=1S/C13H15BrN2O2/c1-4-16-8(3)15-11-7-9(13(17)18-5-2)6-10(14)12(11)16/h6-7H,4-5H2,1-3H3. The first-order valence-corrected chi connectivity index (χ1v) is 6.71. The minimum absolute atomic E-state index is 0.316. The molecule has 0 spiro atoms. The van der Waals surface area contributed by atoms with Crippen molar-refractivity contribution < 1.29 is 9.53 Å². The van der Waals surface area contributed by atoms with E-state index in [0.29, 0.717) is 12.2 Å². The van der Waals surface area contributed by atoms with Crippen molar-refractivity contribution in [3.8, 4) is 0 Å². The summed E-state index contributed by atoms with van der Waals surface area (Å²) < 4.78 is 7.97. The molecule has 0 saturated heterocycles. The van der Waals surface area contributed by atoms with Gasteiger partial charge in [-0.05, 0) is 48.8 Å². The van der Waals surface area contributed by atoms with Gasteiger partial charge in [-0.3, -0.25) is 0 Å². The molecule has 18 heavy (non-hydrogen) atoms. The highest BCUT2D eigenvalue weighted by Crippen LogP contribution is 2.27. The lowest BCUT2D eigenvalue weighted by Gasteiger charge is -2.06. The highest BCUT2D eigenvalue weighted by molar-refractivity contribution is 9.10. The molecule has 1 aromatic carbocycles. The lowest BCUT2D eigenvalue weighted by molar-refractivity contribution is 0.0526. The minimum Gasteiger partial charge on any atom is -0.462 e. The molecule has 1 heterocycles. The van der Waals surface area contributed by atoms with Crippen molar-refractivity contribution in [2.75, 3.05) is 6.61 Å². The van der Waals surface area contributed by atoms with Gasteiger partial charge < -0.3 is 9.30 Å². The lowest BCUT2D eigenvalue weighted by atomic mass is 10.2. The summed E-state index contributed by atoms with van der Waals surface area (Å²) in [5.41, 5.74) is 2.35. The first kappa shape index (κ1) is 13.1. The summed E-state index contributed by atoms with van der Waals surface area (Å²) in [5, 5.41) is 0. The molecule has 0 radical (unpaired) electrons. The second-order valence-corrected chi connectivity index (χ2v) is 4.80. The topological polar surface area (TPSA) is 44.1 Å². The van der Waals surface area contributed by atoms with E-state index >= 15 is 0 Å². The molecule has 0 unspecified atom stereocenters. The van der Waals surface area contributed by atoms with Crippen molar-refractivity contribution in [3.05, 3.63) is 28.0 Å². The molecule has 0 aliphatic heterocycles. The Balaban J connectivity index is 2.60. The predicted octanol–water partition coefficient (Wildman–Crippen LogP) is 3.30. The molecule has 5 heteroatoms. The number of hydrogen-bond donors (Lipinski definition) is 0. The molecule has 0 amide bonds. The molecule has 2 aromatic rings. The van der Waals surface area contributed by atoms with Gasteiger partial charge in [-0.25, -0.2) is 9.78 Å². The molecule has 0 aliphatic carbocycles. The Labute approximate surface area is 114 Å².